The van der Waals surface area contributed by atoms with E-state index in [0.717, 1.165) is 11.1 Å². The Morgan fingerprint density at radius 3 is 2.44 bits per heavy atom. The zero-order chi connectivity index (χ0) is 13.8. The van der Waals surface area contributed by atoms with Crippen LogP contribution in [0, 0.1) is 13.8 Å². The Labute approximate surface area is 109 Å². The fourth-order valence-electron chi connectivity index (χ4n) is 1.74. The molecule has 1 aromatic carbocycles. The van der Waals surface area contributed by atoms with Gasteiger partial charge in [-0.15, -0.1) is 0 Å². The van der Waals surface area contributed by atoms with Gasteiger partial charge in [0.15, 0.2) is 9.84 Å². The Morgan fingerprint density at radius 1 is 1.28 bits per heavy atom. The lowest BCUT2D eigenvalue weighted by Gasteiger charge is -2.15. The van der Waals surface area contributed by atoms with Crippen LogP contribution in [0.3, 0.4) is 0 Å². The van der Waals surface area contributed by atoms with E-state index < -0.39 is 9.84 Å². The van der Waals surface area contributed by atoms with Crippen LogP contribution in [0.25, 0.3) is 0 Å². The molecule has 0 aromatic heterocycles. The molecule has 0 amide bonds. The molecule has 4 nitrogen and oxygen atoms in total. The van der Waals surface area contributed by atoms with Gasteiger partial charge in [-0.2, -0.15) is 0 Å². The molecule has 0 heterocycles. The van der Waals surface area contributed by atoms with Crippen LogP contribution in [-0.2, 0) is 9.84 Å². The highest BCUT2D eigenvalue weighted by molar-refractivity contribution is 7.91. The summed E-state index contributed by atoms with van der Waals surface area (Å²) in [6, 6.07) is 4.95. The third-order valence-corrected chi connectivity index (χ3v) is 4.96. The Bertz CT molecular complexity index is 497. The van der Waals surface area contributed by atoms with E-state index in [1.807, 2.05) is 19.9 Å². The maximum Gasteiger partial charge on any atom is 0.179 e. The highest BCUT2D eigenvalue weighted by Gasteiger charge is 2.20. The number of aryl methyl sites for hydroxylation is 2. The lowest BCUT2D eigenvalue weighted by atomic mass is 10.1. The minimum absolute atomic E-state index is 0.00651. The summed E-state index contributed by atoms with van der Waals surface area (Å²) in [5, 5.41) is 11.8. The van der Waals surface area contributed by atoms with E-state index in [0.29, 0.717) is 11.3 Å². The first-order chi connectivity index (χ1) is 8.40. The smallest absolute Gasteiger partial charge is 0.179 e. The summed E-state index contributed by atoms with van der Waals surface area (Å²) in [7, 11) is -1.60. The Kier molecular flexibility index (Phi) is 5.31. The number of aliphatic hydroxyl groups excluding tert-OH is 1. The van der Waals surface area contributed by atoms with Crippen molar-refractivity contribution in [1.29, 1.82) is 0 Å². The van der Waals surface area contributed by atoms with E-state index in [4.69, 9.17) is 5.11 Å². The first-order valence-electron chi connectivity index (χ1n) is 5.99. The standard InChI is InChI=1S/C13H21NO3S/c1-10-4-5-13(8-11(10)2)18(16,17)9-12(14-3)6-7-15/h4-5,8,12,14-15H,6-7,9H2,1-3H3. The summed E-state index contributed by atoms with van der Waals surface area (Å²) in [5.74, 6) is 0.00651. The molecule has 2 N–H and O–H groups in total. The molecule has 1 rings (SSSR count). The van der Waals surface area contributed by atoms with E-state index in [1.54, 1.807) is 19.2 Å². The number of hydrogen-bond acceptors (Lipinski definition) is 4. The first kappa shape index (κ1) is 15.1. The molecule has 18 heavy (non-hydrogen) atoms. The third-order valence-electron chi connectivity index (χ3n) is 3.14. The predicted molar refractivity (Wildman–Crippen MR) is 72.5 cm³/mol. The molecular formula is C13H21NO3S. The van der Waals surface area contributed by atoms with Crippen molar-refractivity contribution in [2.45, 2.75) is 31.2 Å². The van der Waals surface area contributed by atoms with E-state index >= 15 is 0 Å². The normalized spacial score (nSPS) is 13.6. The van der Waals surface area contributed by atoms with Crippen molar-refractivity contribution in [2.75, 3.05) is 19.4 Å². The molecule has 0 saturated carbocycles. The molecule has 0 aliphatic carbocycles. The minimum atomic E-state index is -3.31. The largest absolute Gasteiger partial charge is 0.396 e. The van der Waals surface area contributed by atoms with Crippen LogP contribution in [0.2, 0.25) is 0 Å². The maximum absolute atomic E-state index is 12.2. The van der Waals surface area contributed by atoms with Gasteiger partial charge in [0.05, 0.1) is 10.6 Å². The summed E-state index contributed by atoms with van der Waals surface area (Å²) >= 11 is 0. The summed E-state index contributed by atoms with van der Waals surface area (Å²) in [6.07, 6.45) is 0.431. The SMILES string of the molecule is CNC(CCO)CS(=O)(=O)c1ccc(C)c(C)c1. The van der Waals surface area contributed by atoms with Gasteiger partial charge in [-0.25, -0.2) is 8.42 Å². The van der Waals surface area contributed by atoms with Crippen LogP contribution in [0.5, 0.6) is 0 Å². The lowest BCUT2D eigenvalue weighted by molar-refractivity contribution is 0.272. The van der Waals surface area contributed by atoms with Gasteiger partial charge in [0.25, 0.3) is 0 Å². The molecule has 0 bridgehead atoms. The van der Waals surface area contributed by atoms with Crippen LogP contribution >= 0.6 is 0 Å². The molecule has 1 unspecified atom stereocenters. The Hall–Kier alpha value is -0.910. The molecule has 0 aliphatic rings. The van der Waals surface area contributed by atoms with Crippen molar-refractivity contribution in [2.24, 2.45) is 0 Å². The number of rotatable bonds is 6. The molecule has 5 heteroatoms. The van der Waals surface area contributed by atoms with Gasteiger partial charge in [-0.3, -0.25) is 0 Å². The van der Waals surface area contributed by atoms with E-state index in [2.05, 4.69) is 5.32 Å². The van der Waals surface area contributed by atoms with E-state index in [9.17, 15) is 8.42 Å². The van der Waals surface area contributed by atoms with Crippen molar-refractivity contribution >= 4 is 9.84 Å². The van der Waals surface area contributed by atoms with Gasteiger partial charge in [-0.1, -0.05) is 6.07 Å². The summed E-state index contributed by atoms with van der Waals surface area (Å²) in [5.41, 5.74) is 2.05. The minimum Gasteiger partial charge on any atom is -0.396 e. The summed E-state index contributed by atoms with van der Waals surface area (Å²) in [6.45, 7) is 3.83. The average Bonchev–Trinajstić information content (AvgIpc) is 2.31. The van der Waals surface area contributed by atoms with Gasteiger partial charge in [0, 0.05) is 12.6 Å². The number of sulfone groups is 1. The second-order valence-electron chi connectivity index (χ2n) is 4.53. The second kappa shape index (κ2) is 6.31. The molecule has 0 fully saturated rings. The maximum atomic E-state index is 12.2. The third kappa shape index (κ3) is 3.80. The highest BCUT2D eigenvalue weighted by atomic mass is 32.2. The zero-order valence-corrected chi connectivity index (χ0v) is 11.9. The quantitative estimate of drug-likeness (QED) is 0.811. The van der Waals surface area contributed by atoms with Gasteiger partial charge in [0.1, 0.15) is 0 Å². The topological polar surface area (TPSA) is 66.4 Å². The zero-order valence-electron chi connectivity index (χ0n) is 11.1. The van der Waals surface area contributed by atoms with Crippen LogP contribution in [-0.4, -0.2) is 39.0 Å². The Balaban J connectivity index is 2.95. The number of hydrogen-bond donors (Lipinski definition) is 2. The van der Waals surface area contributed by atoms with Crippen LogP contribution < -0.4 is 5.32 Å². The molecule has 0 aliphatic heterocycles. The number of aliphatic hydroxyl groups is 1. The molecule has 0 spiro atoms. The summed E-state index contributed by atoms with van der Waals surface area (Å²) in [4.78, 5) is 0.351. The van der Waals surface area contributed by atoms with Crippen LogP contribution in [0.4, 0.5) is 0 Å². The van der Waals surface area contributed by atoms with Crippen molar-refractivity contribution in [3.05, 3.63) is 29.3 Å². The van der Waals surface area contributed by atoms with Gasteiger partial charge >= 0.3 is 0 Å². The molecular weight excluding hydrogens is 250 g/mol. The van der Waals surface area contributed by atoms with Gasteiger partial charge in [0.2, 0.25) is 0 Å². The summed E-state index contributed by atoms with van der Waals surface area (Å²) < 4.78 is 24.4. The van der Waals surface area contributed by atoms with E-state index in [-0.39, 0.29) is 18.4 Å². The second-order valence-corrected chi connectivity index (χ2v) is 6.56. The van der Waals surface area contributed by atoms with Crippen LogP contribution in [0.1, 0.15) is 17.5 Å². The van der Waals surface area contributed by atoms with Crippen molar-refractivity contribution in [3.63, 3.8) is 0 Å². The van der Waals surface area contributed by atoms with Crippen molar-refractivity contribution in [3.8, 4) is 0 Å². The van der Waals surface area contributed by atoms with Crippen molar-refractivity contribution < 1.29 is 13.5 Å². The molecule has 1 aromatic rings. The Morgan fingerprint density at radius 2 is 1.94 bits per heavy atom. The molecule has 0 saturated heterocycles. The van der Waals surface area contributed by atoms with Gasteiger partial charge < -0.3 is 10.4 Å². The monoisotopic (exact) mass is 271 g/mol. The number of benzene rings is 1. The first-order valence-corrected chi connectivity index (χ1v) is 7.64. The molecule has 102 valence electrons. The lowest BCUT2D eigenvalue weighted by Crippen LogP contribution is -2.33. The van der Waals surface area contributed by atoms with Crippen molar-refractivity contribution in [1.82, 2.24) is 5.32 Å². The molecule has 1 atom stereocenters. The van der Waals surface area contributed by atoms with E-state index in [1.165, 1.54) is 0 Å². The number of nitrogens with one attached hydrogen (secondary N) is 1. The predicted octanol–water partition coefficient (Wildman–Crippen LogP) is 1.05. The highest BCUT2D eigenvalue weighted by Crippen LogP contribution is 2.17. The fraction of sp³-hybridized carbons (Fsp3) is 0.538. The van der Waals surface area contributed by atoms with Crippen LogP contribution in [0.15, 0.2) is 23.1 Å². The average molecular weight is 271 g/mol. The molecule has 0 radical (unpaired) electrons. The fourth-order valence-corrected chi connectivity index (χ4v) is 3.42. The van der Waals surface area contributed by atoms with Gasteiger partial charge in [-0.05, 0) is 50.6 Å².